The lowest BCUT2D eigenvalue weighted by atomic mass is 10.3. The van der Waals surface area contributed by atoms with E-state index in [-0.39, 0.29) is 32.9 Å². The van der Waals surface area contributed by atoms with E-state index in [1.165, 1.54) is 12.1 Å². The van der Waals surface area contributed by atoms with Gasteiger partial charge in [0.2, 0.25) is 10.0 Å². The summed E-state index contributed by atoms with van der Waals surface area (Å²) in [7, 11) is -4.03. The van der Waals surface area contributed by atoms with Crippen LogP contribution in [0.3, 0.4) is 0 Å². The SMILES string of the molecule is CC(C)N(CCC(=O)O)S(=O)(=O)c1c(Cl)cc(Cl)cc1Cl. The summed E-state index contributed by atoms with van der Waals surface area (Å²) in [5.41, 5.74) is 0. The van der Waals surface area contributed by atoms with Crippen LogP contribution in [0.4, 0.5) is 0 Å². The zero-order valence-corrected chi connectivity index (χ0v) is 14.4. The van der Waals surface area contributed by atoms with Crippen LogP contribution in [-0.2, 0) is 14.8 Å². The highest BCUT2D eigenvalue weighted by molar-refractivity contribution is 7.89. The van der Waals surface area contributed by atoms with E-state index in [1.54, 1.807) is 13.8 Å². The van der Waals surface area contributed by atoms with Crippen LogP contribution in [0, 0.1) is 0 Å². The average Bonchev–Trinajstić information content (AvgIpc) is 2.25. The van der Waals surface area contributed by atoms with E-state index in [2.05, 4.69) is 0 Å². The normalized spacial score (nSPS) is 12.1. The molecule has 0 spiro atoms. The smallest absolute Gasteiger partial charge is 0.304 e. The fraction of sp³-hybridized carbons (Fsp3) is 0.417. The van der Waals surface area contributed by atoms with Crippen molar-refractivity contribution >= 4 is 50.8 Å². The van der Waals surface area contributed by atoms with Crippen LogP contribution < -0.4 is 0 Å². The third-order valence-electron chi connectivity index (χ3n) is 2.65. The van der Waals surface area contributed by atoms with Gasteiger partial charge in [-0.2, -0.15) is 4.31 Å². The molecule has 0 heterocycles. The van der Waals surface area contributed by atoms with Crippen LogP contribution >= 0.6 is 34.8 Å². The Bertz CT molecular complexity index is 623. The average molecular weight is 375 g/mol. The van der Waals surface area contributed by atoms with Gasteiger partial charge in [-0.3, -0.25) is 4.79 Å². The van der Waals surface area contributed by atoms with Crippen molar-refractivity contribution in [2.75, 3.05) is 6.54 Å². The van der Waals surface area contributed by atoms with Gasteiger partial charge in [-0.25, -0.2) is 8.42 Å². The highest BCUT2D eigenvalue weighted by atomic mass is 35.5. The summed E-state index contributed by atoms with van der Waals surface area (Å²) >= 11 is 17.6. The molecule has 0 unspecified atom stereocenters. The first-order valence-electron chi connectivity index (χ1n) is 5.95. The number of carboxylic acids is 1. The third kappa shape index (κ3) is 4.47. The molecule has 0 saturated heterocycles. The molecule has 0 aliphatic heterocycles. The molecule has 0 aliphatic rings. The molecule has 0 atom stereocenters. The molecule has 0 radical (unpaired) electrons. The molecule has 0 amide bonds. The number of carboxylic acid groups (broad SMARTS) is 1. The van der Waals surface area contributed by atoms with Crippen LogP contribution in [0.25, 0.3) is 0 Å². The van der Waals surface area contributed by atoms with E-state index in [4.69, 9.17) is 39.9 Å². The lowest BCUT2D eigenvalue weighted by Crippen LogP contribution is -2.38. The molecule has 0 bridgehead atoms. The van der Waals surface area contributed by atoms with Crippen molar-refractivity contribution in [3.63, 3.8) is 0 Å². The molecular formula is C12H14Cl3NO4S. The van der Waals surface area contributed by atoms with E-state index < -0.39 is 22.0 Å². The zero-order valence-electron chi connectivity index (χ0n) is 11.3. The van der Waals surface area contributed by atoms with Gasteiger partial charge in [0, 0.05) is 17.6 Å². The number of benzene rings is 1. The Morgan fingerprint density at radius 3 is 2.10 bits per heavy atom. The number of halogens is 3. The number of rotatable bonds is 6. The lowest BCUT2D eigenvalue weighted by Gasteiger charge is -2.26. The minimum absolute atomic E-state index is 0.103. The first-order chi connectivity index (χ1) is 9.57. The van der Waals surface area contributed by atoms with Gasteiger partial charge < -0.3 is 5.11 Å². The van der Waals surface area contributed by atoms with Gasteiger partial charge in [0.05, 0.1) is 16.5 Å². The quantitative estimate of drug-likeness (QED) is 0.826. The minimum Gasteiger partial charge on any atom is -0.481 e. The number of hydrogen-bond acceptors (Lipinski definition) is 3. The van der Waals surface area contributed by atoms with Crippen LogP contribution in [-0.4, -0.2) is 36.4 Å². The molecular weight excluding hydrogens is 361 g/mol. The summed E-state index contributed by atoms with van der Waals surface area (Å²) in [6.45, 7) is 3.10. The first kappa shape index (κ1) is 18.5. The highest BCUT2D eigenvalue weighted by Gasteiger charge is 2.31. The molecule has 1 aromatic carbocycles. The van der Waals surface area contributed by atoms with E-state index >= 15 is 0 Å². The zero-order chi connectivity index (χ0) is 16.4. The van der Waals surface area contributed by atoms with Gasteiger partial charge in [0.1, 0.15) is 4.90 Å². The highest BCUT2D eigenvalue weighted by Crippen LogP contribution is 2.35. The van der Waals surface area contributed by atoms with E-state index in [1.807, 2.05) is 0 Å². The predicted molar refractivity (Wildman–Crippen MR) is 82.8 cm³/mol. The van der Waals surface area contributed by atoms with E-state index in [9.17, 15) is 13.2 Å². The maximum atomic E-state index is 12.7. The predicted octanol–water partition coefficient (Wildman–Crippen LogP) is 3.52. The Morgan fingerprint density at radius 2 is 1.71 bits per heavy atom. The Morgan fingerprint density at radius 1 is 1.24 bits per heavy atom. The van der Waals surface area contributed by atoms with Gasteiger partial charge in [-0.05, 0) is 26.0 Å². The van der Waals surface area contributed by atoms with Gasteiger partial charge in [0.25, 0.3) is 0 Å². The fourth-order valence-corrected chi connectivity index (χ4v) is 4.89. The van der Waals surface area contributed by atoms with Crippen molar-refractivity contribution < 1.29 is 18.3 Å². The minimum atomic E-state index is -4.03. The Hall–Kier alpha value is -0.530. The molecule has 0 saturated carbocycles. The Balaban J connectivity index is 3.33. The summed E-state index contributed by atoms with van der Waals surface area (Å²) in [5, 5.41) is 8.74. The number of aliphatic carboxylic acids is 1. The summed E-state index contributed by atoms with van der Waals surface area (Å²) in [4.78, 5) is 10.4. The summed E-state index contributed by atoms with van der Waals surface area (Å²) in [5.74, 6) is -1.09. The standard InChI is InChI=1S/C12H14Cl3NO4S/c1-7(2)16(4-3-11(17)18)21(19,20)12-9(14)5-8(13)6-10(12)15/h5-7H,3-4H2,1-2H3,(H,17,18). The molecule has 0 aromatic heterocycles. The number of hydrogen-bond donors (Lipinski definition) is 1. The molecule has 5 nitrogen and oxygen atoms in total. The van der Waals surface area contributed by atoms with Gasteiger partial charge in [-0.15, -0.1) is 0 Å². The van der Waals surface area contributed by atoms with Crippen molar-refractivity contribution in [2.45, 2.75) is 31.2 Å². The van der Waals surface area contributed by atoms with Gasteiger partial charge in [-0.1, -0.05) is 34.8 Å². The second-order valence-electron chi connectivity index (χ2n) is 4.55. The second kappa shape index (κ2) is 7.15. The topological polar surface area (TPSA) is 74.7 Å². The van der Waals surface area contributed by atoms with Crippen molar-refractivity contribution in [2.24, 2.45) is 0 Å². The molecule has 0 fully saturated rings. The number of sulfonamides is 1. The molecule has 1 aromatic rings. The Labute approximate surface area is 138 Å². The fourth-order valence-electron chi connectivity index (χ4n) is 1.75. The Kier molecular flexibility index (Phi) is 6.31. The molecule has 1 N–H and O–H groups in total. The molecule has 118 valence electrons. The first-order valence-corrected chi connectivity index (χ1v) is 8.53. The van der Waals surface area contributed by atoms with Gasteiger partial charge in [0.15, 0.2) is 0 Å². The maximum Gasteiger partial charge on any atom is 0.304 e. The number of nitrogens with zero attached hydrogens (tertiary/aromatic N) is 1. The molecule has 21 heavy (non-hydrogen) atoms. The monoisotopic (exact) mass is 373 g/mol. The third-order valence-corrected chi connectivity index (χ3v) is 5.87. The molecule has 9 heteroatoms. The van der Waals surface area contributed by atoms with E-state index in [0.717, 1.165) is 4.31 Å². The summed E-state index contributed by atoms with van der Waals surface area (Å²) in [6, 6.07) is 2.10. The lowest BCUT2D eigenvalue weighted by molar-refractivity contribution is -0.137. The largest absolute Gasteiger partial charge is 0.481 e. The van der Waals surface area contributed by atoms with Crippen molar-refractivity contribution in [3.8, 4) is 0 Å². The van der Waals surface area contributed by atoms with Crippen LogP contribution in [0.1, 0.15) is 20.3 Å². The van der Waals surface area contributed by atoms with Crippen LogP contribution in [0.5, 0.6) is 0 Å². The number of carbonyl (C=O) groups is 1. The second-order valence-corrected chi connectivity index (χ2v) is 7.63. The van der Waals surface area contributed by atoms with Crippen LogP contribution in [0.2, 0.25) is 15.1 Å². The van der Waals surface area contributed by atoms with Crippen LogP contribution in [0.15, 0.2) is 17.0 Å². The van der Waals surface area contributed by atoms with Crippen molar-refractivity contribution in [1.29, 1.82) is 0 Å². The maximum absolute atomic E-state index is 12.7. The van der Waals surface area contributed by atoms with Gasteiger partial charge >= 0.3 is 5.97 Å². The summed E-state index contributed by atoms with van der Waals surface area (Å²) in [6.07, 6.45) is -0.319. The summed E-state index contributed by atoms with van der Waals surface area (Å²) < 4.78 is 26.4. The molecule has 1 rings (SSSR count). The van der Waals surface area contributed by atoms with Crippen molar-refractivity contribution in [1.82, 2.24) is 4.31 Å². The molecule has 0 aliphatic carbocycles. The van der Waals surface area contributed by atoms with E-state index in [0.29, 0.717) is 0 Å². The van der Waals surface area contributed by atoms with Crippen molar-refractivity contribution in [3.05, 3.63) is 27.2 Å².